The Morgan fingerprint density at radius 3 is 2.55 bits per heavy atom. The van der Waals surface area contributed by atoms with Crippen molar-refractivity contribution >= 4 is 12.0 Å². The van der Waals surface area contributed by atoms with Crippen LogP contribution < -0.4 is 9.47 Å². The fourth-order valence-corrected chi connectivity index (χ4v) is 1.91. The summed E-state index contributed by atoms with van der Waals surface area (Å²) in [5.41, 5.74) is 2.92. The maximum Gasteiger partial charge on any atom is 0.328 e. The van der Waals surface area contributed by atoms with Gasteiger partial charge in [-0.25, -0.2) is 4.79 Å². The van der Waals surface area contributed by atoms with Crippen LogP contribution in [0.4, 0.5) is 0 Å². The molecule has 2 aromatic carbocycles. The number of ether oxygens (including phenoxy) is 2. The summed E-state index contributed by atoms with van der Waals surface area (Å²) < 4.78 is 11.0. The molecule has 0 heterocycles. The lowest BCUT2D eigenvalue weighted by molar-refractivity contribution is -0.131. The molecule has 0 aliphatic heterocycles. The molecule has 4 heteroatoms. The van der Waals surface area contributed by atoms with E-state index in [4.69, 9.17) is 14.6 Å². The molecule has 2 aromatic rings. The Kier molecular flexibility index (Phi) is 5.20. The zero-order valence-electron chi connectivity index (χ0n) is 12.6. The average molecular weight is 298 g/mol. The van der Waals surface area contributed by atoms with Gasteiger partial charge in [0.25, 0.3) is 0 Å². The van der Waals surface area contributed by atoms with Gasteiger partial charge in [0.15, 0.2) is 0 Å². The molecule has 0 bridgehead atoms. The number of aliphatic carboxylic acids is 1. The maximum atomic E-state index is 10.7. The van der Waals surface area contributed by atoms with Gasteiger partial charge in [-0.15, -0.1) is 0 Å². The molecule has 2 rings (SSSR count). The van der Waals surface area contributed by atoms with E-state index in [0.717, 1.165) is 11.6 Å². The van der Waals surface area contributed by atoms with Gasteiger partial charge in [-0.2, -0.15) is 0 Å². The number of carbonyl (C=O) groups is 1. The summed E-state index contributed by atoms with van der Waals surface area (Å²) in [5, 5.41) is 8.75. The fourth-order valence-electron chi connectivity index (χ4n) is 1.91. The monoisotopic (exact) mass is 298 g/mol. The van der Waals surface area contributed by atoms with Gasteiger partial charge in [0, 0.05) is 17.7 Å². The van der Waals surface area contributed by atoms with Gasteiger partial charge in [0.2, 0.25) is 0 Å². The second-order valence-electron chi connectivity index (χ2n) is 4.85. The number of methoxy groups -OCH3 is 1. The third kappa shape index (κ3) is 4.38. The van der Waals surface area contributed by atoms with Gasteiger partial charge in [0.1, 0.15) is 18.1 Å². The lowest BCUT2D eigenvalue weighted by Crippen LogP contribution is -1.98. The highest BCUT2D eigenvalue weighted by Crippen LogP contribution is 2.27. The van der Waals surface area contributed by atoms with Crippen molar-refractivity contribution in [2.75, 3.05) is 7.11 Å². The third-order valence-electron chi connectivity index (χ3n) is 3.14. The Balaban J connectivity index is 2.19. The van der Waals surface area contributed by atoms with Crippen LogP contribution in [0.2, 0.25) is 0 Å². The van der Waals surface area contributed by atoms with E-state index in [1.54, 1.807) is 25.3 Å². The number of rotatable bonds is 6. The van der Waals surface area contributed by atoms with Gasteiger partial charge < -0.3 is 14.6 Å². The predicted molar refractivity (Wildman–Crippen MR) is 85.2 cm³/mol. The van der Waals surface area contributed by atoms with Crippen LogP contribution in [0.5, 0.6) is 11.5 Å². The SMILES string of the molecule is COc1ccc(C=CC(=O)O)c(OCc2ccc(C)cc2)c1. The topological polar surface area (TPSA) is 55.8 Å². The minimum Gasteiger partial charge on any atom is -0.497 e. The molecule has 0 aliphatic carbocycles. The van der Waals surface area contributed by atoms with Crippen LogP contribution in [0.15, 0.2) is 48.5 Å². The largest absolute Gasteiger partial charge is 0.497 e. The second-order valence-corrected chi connectivity index (χ2v) is 4.85. The lowest BCUT2D eigenvalue weighted by atomic mass is 10.1. The number of hydrogen-bond donors (Lipinski definition) is 1. The van der Waals surface area contributed by atoms with Crippen LogP contribution in [-0.4, -0.2) is 18.2 Å². The zero-order valence-corrected chi connectivity index (χ0v) is 12.6. The molecule has 1 N–H and O–H groups in total. The molecule has 22 heavy (non-hydrogen) atoms. The molecule has 0 saturated heterocycles. The zero-order chi connectivity index (χ0) is 15.9. The van der Waals surface area contributed by atoms with Gasteiger partial charge in [0.05, 0.1) is 7.11 Å². The normalized spacial score (nSPS) is 10.6. The summed E-state index contributed by atoms with van der Waals surface area (Å²) in [6.07, 6.45) is 2.59. The van der Waals surface area contributed by atoms with E-state index in [9.17, 15) is 4.79 Å². The van der Waals surface area contributed by atoms with Crippen molar-refractivity contribution in [1.29, 1.82) is 0 Å². The van der Waals surface area contributed by atoms with E-state index in [2.05, 4.69) is 0 Å². The summed E-state index contributed by atoms with van der Waals surface area (Å²) in [7, 11) is 1.58. The Morgan fingerprint density at radius 1 is 1.18 bits per heavy atom. The smallest absolute Gasteiger partial charge is 0.328 e. The number of aryl methyl sites for hydroxylation is 1. The van der Waals surface area contributed by atoms with E-state index in [1.165, 1.54) is 11.6 Å². The number of carboxylic acid groups (broad SMARTS) is 1. The highest BCUT2D eigenvalue weighted by atomic mass is 16.5. The molecule has 114 valence electrons. The molecule has 0 aliphatic rings. The molecular formula is C18H18O4. The first kappa shape index (κ1) is 15.6. The Hall–Kier alpha value is -2.75. The summed E-state index contributed by atoms with van der Waals surface area (Å²) in [4.78, 5) is 10.7. The van der Waals surface area contributed by atoms with E-state index < -0.39 is 5.97 Å². The number of benzene rings is 2. The first-order chi connectivity index (χ1) is 10.6. The fraction of sp³-hybridized carbons (Fsp3) is 0.167. The van der Waals surface area contributed by atoms with Crippen molar-refractivity contribution in [3.05, 3.63) is 65.2 Å². The number of hydrogen-bond acceptors (Lipinski definition) is 3. The summed E-state index contributed by atoms with van der Waals surface area (Å²) >= 11 is 0. The van der Waals surface area contributed by atoms with Crippen molar-refractivity contribution in [3.63, 3.8) is 0 Å². The van der Waals surface area contributed by atoms with Crippen LogP contribution in [-0.2, 0) is 11.4 Å². The van der Waals surface area contributed by atoms with E-state index in [1.807, 2.05) is 31.2 Å². The molecule has 0 radical (unpaired) electrons. The van der Waals surface area contributed by atoms with Crippen molar-refractivity contribution < 1.29 is 19.4 Å². The third-order valence-corrected chi connectivity index (χ3v) is 3.14. The standard InChI is InChI=1S/C18H18O4/c1-13-3-5-14(6-4-13)12-22-17-11-16(21-2)9-7-15(17)8-10-18(19)20/h3-11H,12H2,1-2H3,(H,19,20). The molecule has 0 amide bonds. The van der Waals surface area contributed by atoms with Crippen LogP contribution in [0.25, 0.3) is 6.08 Å². The van der Waals surface area contributed by atoms with Crippen LogP contribution in [0, 0.1) is 6.92 Å². The van der Waals surface area contributed by atoms with Gasteiger partial charge in [-0.3, -0.25) is 0 Å². The average Bonchev–Trinajstić information content (AvgIpc) is 2.52. The van der Waals surface area contributed by atoms with Gasteiger partial charge >= 0.3 is 5.97 Å². The lowest BCUT2D eigenvalue weighted by Gasteiger charge is -2.11. The quantitative estimate of drug-likeness (QED) is 0.827. The summed E-state index contributed by atoms with van der Waals surface area (Å²) in [5.74, 6) is 0.240. The molecule has 4 nitrogen and oxygen atoms in total. The van der Waals surface area contributed by atoms with Crippen molar-refractivity contribution in [1.82, 2.24) is 0 Å². The minimum atomic E-state index is -1.000. The van der Waals surface area contributed by atoms with E-state index in [-0.39, 0.29) is 0 Å². The molecule has 0 unspecified atom stereocenters. The van der Waals surface area contributed by atoms with Crippen molar-refractivity contribution in [2.24, 2.45) is 0 Å². The van der Waals surface area contributed by atoms with Crippen molar-refractivity contribution in [3.8, 4) is 11.5 Å². The molecule has 0 aromatic heterocycles. The highest BCUT2D eigenvalue weighted by molar-refractivity contribution is 5.86. The van der Waals surface area contributed by atoms with Gasteiger partial charge in [-0.1, -0.05) is 29.8 Å². The van der Waals surface area contributed by atoms with Crippen LogP contribution in [0.1, 0.15) is 16.7 Å². The highest BCUT2D eigenvalue weighted by Gasteiger charge is 2.05. The molecule has 0 spiro atoms. The number of carboxylic acids is 1. The van der Waals surface area contributed by atoms with Crippen molar-refractivity contribution in [2.45, 2.75) is 13.5 Å². The minimum absolute atomic E-state index is 0.404. The maximum absolute atomic E-state index is 10.7. The second kappa shape index (κ2) is 7.31. The Bertz CT molecular complexity index is 672. The van der Waals surface area contributed by atoms with Gasteiger partial charge in [-0.05, 0) is 30.7 Å². The molecule has 0 atom stereocenters. The Labute approximate surface area is 129 Å². The molecular weight excluding hydrogens is 280 g/mol. The predicted octanol–water partition coefficient (Wildman–Crippen LogP) is 3.68. The molecule has 0 fully saturated rings. The van der Waals surface area contributed by atoms with Crippen LogP contribution in [0.3, 0.4) is 0 Å². The van der Waals surface area contributed by atoms with Crippen LogP contribution >= 0.6 is 0 Å². The summed E-state index contributed by atoms with van der Waals surface area (Å²) in [6.45, 7) is 2.43. The first-order valence-electron chi connectivity index (χ1n) is 6.86. The van der Waals surface area contributed by atoms with E-state index in [0.29, 0.717) is 23.7 Å². The first-order valence-corrected chi connectivity index (χ1v) is 6.86. The Morgan fingerprint density at radius 2 is 1.91 bits per heavy atom. The molecule has 0 saturated carbocycles. The summed E-state index contributed by atoms with van der Waals surface area (Å²) in [6, 6.07) is 13.3. The van der Waals surface area contributed by atoms with E-state index >= 15 is 0 Å².